The van der Waals surface area contributed by atoms with Crippen LogP contribution in [0.25, 0.3) is 0 Å². The van der Waals surface area contributed by atoms with Gasteiger partial charge in [-0.1, -0.05) is 18.7 Å². The molecule has 22 heavy (non-hydrogen) atoms. The van der Waals surface area contributed by atoms with Crippen molar-refractivity contribution >= 4 is 12.1 Å². The second kappa shape index (κ2) is 7.64. The van der Waals surface area contributed by atoms with Gasteiger partial charge in [-0.3, -0.25) is 4.79 Å². The maximum absolute atomic E-state index is 11.8. The van der Waals surface area contributed by atoms with E-state index in [4.69, 9.17) is 4.74 Å². The number of amides is 1. The molecule has 112 valence electrons. The highest BCUT2D eigenvalue weighted by Gasteiger charge is 2.04. The molecule has 0 aromatic heterocycles. The van der Waals surface area contributed by atoms with Gasteiger partial charge in [0.05, 0.1) is 6.21 Å². The van der Waals surface area contributed by atoms with Crippen LogP contribution < -0.4 is 10.2 Å². The summed E-state index contributed by atoms with van der Waals surface area (Å²) < 4.78 is 5.37. The first kappa shape index (κ1) is 15.3. The van der Waals surface area contributed by atoms with E-state index in [1.165, 1.54) is 18.3 Å². The van der Waals surface area contributed by atoms with Gasteiger partial charge in [-0.2, -0.15) is 5.10 Å². The average Bonchev–Trinajstić information content (AvgIpc) is 2.54. The predicted molar refractivity (Wildman–Crippen MR) is 85.3 cm³/mol. The number of ether oxygens (including phenoxy) is 1. The fourth-order valence-corrected chi connectivity index (χ4v) is 1.68. The lowest BCUT2D eigenvalue weighted by atomic mass is 10.2. The molecule has 0 aliphatic carbocycles. The predicted octanol–water partition coefficient (Wildman–Crippen LogP) is 2.72. The topological polar surface area (TPSA) is 70.9 Å². The van der Waals surface area contributed by atoms with E-state index in [9.17, 15) is 9.90 Å². The highest BCUT2D eigenvalue weighted by molar-refractivity contribution is 5.95. The number of hydrazone groups is 1. The van der Waals surface area contributed by atoms with E-state index in [1.807, 2.05) is 24.3 Å². The molecule has 2 rings (SSSR count). The van der Waals surface area contributed by atoms with Gasteiger partial charge in [-0.05, 0) is 48.0 Å². The Morgan fingerprint density at radius 1 is 1.27 bits per heavy atom. The molecule has 0 heterocycles. The molecule has 0 aliphatic rings. The van der Waals surface area contributed by atoms with Gasteiger partial charge in [0, 0.05) is 5.56 Å². The zero-order valence-corrected chi connectivity index (χ0v) is 11.9. The second-order valence-corrected chi connectivity index (χ2v) is 4.42. The second-order valence-electron chi connectivity index (χ2n) is 4.42. The number of carbonyl (C=O) groups is 1. The third-order valence-corrected chi connectivity index (χ3v) is 2.74. The molecule has 2 N–H and O–H groups in total. The minimum atomic E-state index is -0.391. The summed E-state index contributed by atoms with van der Waals surface area (Å²) >= 11 is 0. The number of benzene rings is 2. The van der Waals surface area contributed by atoms with Crippen LogP contribution in [0.1, 0.15) is 15.9 Å². The zero-order valence-electron chi connectivity index (χ0n) is 11.9. The Bertz CT molecular complexity index is 679. The Morgan fingerprint density at radius 2 is 2.05 bits per heavy atom. The molecule has 0 saturated carbocycles. The minimum absolute atomic E-state index is 0.0340. The maximum atomic E-state index is 11.8. The highest BCUT2D eigenvalue weighted by Crippen LogP contribution is 2.11. The zero-order chi connectivity index (χ0) is 15.8. The molecule has 5 nitrogen and oxygen atoms in total. The van der Waals surface area contributed by atoms with E-state index in [0.29, 0.717) is 12.2 Å². The number of hydrogen-bond donors (Lipinski definition) is 2. The van der Waals surface area contributed by atoms with E-state index in [2.05, 4.69) is 17.1 Å². The van der Waals surface area contributed by atoms with Crippen LogP contribution in [0.15, 0.2) is 66.3 Å². The molecule has 0 radical (unpaired) electrons. The summed E-state index contributed by atoms with van der Waals surface area (Å²) in [6.07, 6.45) is 3.20. The summed E-state index contributed by atoms with van der Waals surface area (Å²) in [5, 5.41) is 13.2. The first-order valence-electron chi connectivity index (χ1n) is 6.65. The van der Waals surface area contributed by atoms with Crippen molar-refractivity contribution in [3.05, 3.63) is 72.3 Å². The molecule has 0 aliphatic heterocycles. The van der Waals surface area contributed by atoms with Crippen LogP contribution in [0.3, 0.4) is 0 Å². The number of phenols is 1. The molecule has 0 atom stereocenters. The van der Waals surface area contributed by atoms with Crippen molar-refractivity contribution in [2.75, 3.05) is 6.61 Å². The molecule has 0 spiro atoms. The SMILES string of the molecule is C=CCOc1ccc(/C=N/NC(=O)c2cccc(O)c2)cc1. The molecular weight excluding hydrogens is 280 g/mol. The van der Waals surface area contributed by atoms with E-state index in [1.54, 1.807) is 18.2 Å². The number of phenolic OH excluding ortho intramolecular Hbond substituents is 1. The molecule has 5 heteroatoms. The molecule has 0 unspecified atom stereocenters. The fraction of sp³-hybridized carbons (Fsp3) is 0.0588. The molecule has 2 aromatic rings. The van der Waals surface area contributed by atoms with Gasteiger partial charge in [0.25, 0.3) is 5.91 Å². The van der Waals surface area contributed by atoms with Crippen LogP contribution in [0.4, 0.5) is 0 Å². The standard InChI is InChI=1S/C17H16N2O3/c1-2-10-22-16-8-6-13(7-9-16)12-18-19-17(21)14-4-3-5-15(20)11-14/h2-9,11-12,20H,1,10H2,(H,19,21)/b18-12+. The summed E-state index contributed by atoms with van der Waals surface area (Å²) in [7, 11) is 0. The minimum Gasteiger partial charge on any atom is -0.508 e. The van der Waals surface area contributed by atoms with Crippen LogP contribution in [0, 0.1) is 0 Å². The summed E-state index contributed by atoms with van der Waals surface area (Å²) in [5.74, 6) is 0.380. The Balaban J connectivity index is 1.91. The lowest BCUT2D eigenvalue weighted by molar-refractivity contribution is 0.0954. The molecular formula is C17H16N2O3. The van der Waals surface area contributed by atoms with Crippen molar-refractivity contribution in [1.29, 1.82) is 0 Å². The van der Waals surface area contributed by atoms with E-state index < -0.39 is 5.91 Å². The van der Waals surface area contributed by atoms with E-state index in [0.717, 1.165) is 11.3 Å². The van der Waals surface area contributed by atoms with Crippen molar-refractivity contribution in [1.82, 2.24) is 5.43 Å². The van der Waals surface area contributed by atoms with E-state index in [-0.39, 0.29) is 5.75 Å². The monoisotopic (exact) mass is 296 g/mol. The van der Waals surface area contributed by atoms with Crippen molar-refractivity contribution < 1.29 is 14.6 Å². The fourth-order valence-electron chi connectivity index (χ4n) is 1.68. The van der Waals surface area contributed by atoms with Gasteiger partial charge in [-0.25, -0.2) is 5.43 Å². The van der Waals surface area contributed by atoms with Crippen molar-refractivity contribution in [3.8, 4) is 11.5 Å². The molecule has 2 aromatic carbocycles. The van der Waals surface area contributed by atoms with Crippen LogP contribution in [-0.2, 0) is 0 Å². The average molecular weight is 296 g/mol. The van der Waals surface area contributed by atoms with E-state index >= 15 is 0 Å². The first-order chi connectivity index (χ1) is 10.7. The molecule has 0 fully saturated rings. The van der Waals surface area contributed by atoms with Crippen LogP contribution in [0.2, 0.25) is 0 Å². The lowest BCUT2D eigenvalue weighted by Gasteiger charge is -2.03. The van der Waals surface area contributed by atoms with Crippen molar-refractivity contribution in [2.45, 2.75) is 0 Å². The summed E-state index contributed by atoms with van der Waals surface area (Å²) in [4.78, 5) is 11.8. The van der Waals surface area contributed by atoms with Gasteiger partial charge in [0.1, 0.15) is 18.1 Å². The maximum Gasteiger partial charge on any atom is 0.271 e. The lowest BCUT2D eigenvalue weighted by Crippen LogP contribution is -2.17. The van der Waals surface area contributed by atoms with Crippen LogP contribution in [0.5, 0.6) is 11.5 Å². The van der Waals surface area contributed by atoms with Gasteiger partial charge < -0.3 is 9.84 Å². The number of carbonyl (C=O) groups excluding carboxylic acids is 1. The summed E-state index contributed by atoms with van der Waals surface area (Å²) in [5.41, 5.74) is 3.56. The van der Waals surface area contributed by atoms with Crippen molar-refractivity contribution in [2.24, 2.45) is 5.10 Å². The Kier molecular flexibility index (Phi) is 5.31. The highest BCUT2D eigenvalue weighted by atomic mass is 16.5. The van der Waals surface area contributed by atoms with Gasteiger partial charge in [-0.15, -0.1) is 0 Å². The first-order valence-corrected chi connectivity index (χ1v) is 6.65. The Labute approximate surface area is 128 Å². The molecule has 1 amide bonds. The number of nitrogens with one attached hydrogen (secondary N) is 1. The van der Waals surface area contributed by atoms with Crippen LogP contribution >= 0.6 is 0 Å². The Morgan fingerprint density at radius 3 is 2.73 bits per heavy atom. The third-order valence-electron chi connectivity index (χ3n) is 2.74. The van der Waals surface area contributed by atoms with Crippen LogP contribution in [-0.4, -0.2) is 23.8 Å². The van der Waals surface area contributed by atoms with Gasteiger partial charge in [0.15, 0.2) is 0 Å². The molecule has 0 bridgehead atoms. The number of aromatic hydroxyl groups is 1. The Hall–Kier alpha value is -3.08. The van der Waals surface area contributed by atoms with Gasteiger partial charge in [0.2, 0.25) is 0 Å². The number of nitrogens with zero attached hydrogens (tertiary/aromatic N) is 1. The third kappa shape index (κ3) is 4.49. The quantitative estimate of drug-likeness (QED) is 0.489. The molecule has 0 saturated heterocycles. The van der Waals surface area contributed by atoms with Gasteiger partial charge >= 0.3 is 0 Å². The number of rotatable bonds is 6. The smallest absolute Gasteiger partial charge is 0.271 e. The summed E-state index contributed by atoms with van der Waals surface area (Å²) in [6.45, 7) is 4.03. The summed E-state index contributed by atoms with van der Waals surface area (Å²) in [6, 6.07) is 13.3. The largest absolute Gasteiger partial charge is 0.508 e. The number of hydrogen-bond acceptors (Lipinski definition) is 4. The normalized spacial score (nSPS) is 10.4. The van der Waals surface area contributed by atoms with Crippen molar-refractivity contribution in [3.63, 3.8) is 0 Å².